The number of rotatable bonds is 10. The predicted molar refractivity (Wildman–Crippen MR) is 122 cm³/mol. The molecule has 1 amide bonds. The zero-order valence-electron chi connectivity index (χ0n) is 19.0. The van der Waals surface area contributed by atoms with Crippen molar-refractivity contribution in [3.05, 3.63) is 36.2 Å². The monoisotopic (exact) mass is 460 g/mol. The Hall–Kier alpha value is -2.55. The van der Waals surface area contributed by atoms with E-state index in [2.05, 4.69) is 28.6 Å². The molecule has 9 heteroatoms. The molecule has 1 aliphatic rings. The van der Waals surface area contributed by atoms with Crippen LogP contribution in [-0.4, -0.2) is 57.5 Å². The van der Waals surface area contributed by atoms with Gasteiger partial charge in [0.05, 0.1) is 18.8 Å². The van der Waals surface area contributed by atoms with Crippen molar-refractivity contribution in [2.75, 3.05) is 26.0 Å². The van der Waals surface area contributed by atoms with E-state index in [1.165, 1.54) is 18.9 Å². The molecule has 0 N–H and O–H groups in total. The number of aromatic nitrogens is 3. The van der Waals surface area contributed by atoms with Crippen LogP contribution < -0.4 is 4.74 Å². The molecule has 1 aliphatic heterocycles. The van der Waals surface area contributed by atoms with Crippen molar-refractivity contribution in [3.63, 3.8) is 0 Å². The quantitative estimate of drug-likeness (QED) is 0.397. The molecule has 1 aromatic heterocycles. The Labute approximate surface area is 193 Å². The third-order valence-electron chi connectivity index (χ3n) is 5.54. The topological polar surface area (TPSA) is 86.6 Å². The number of hydrogen-bond acceptors (Lipinski definition) is 7. The van der Waals surface area contributed by atoms with Crippen LogP contribution in [0.25, 0.3) is 0 Å². The second kappa shape index (κ2) is 11.9. The largest absolute Gasteiger partial charge is 0.486 e. The number of methoxy groups -OCH3 is 1. The zero-order valence-corrected chi connectivity index (χ0v) is 19.8. The summed E-state index contributed by atoms with van der Waals surface area (Å²) in [6.07, 6.45) is 2.28. The van der Waals surface area contributed by atoms with E-state index in [1.54, 1.807) is 0 Å². The number of carbonyl (C=O) groups is 2. The lowest BCUT2D eigenvalue weighted by Crippen LogP contribution is -2.41. The Balaban J connectivity index is 1.58. The summed E-state index contributed by atoms with van der Waals surface area (Å²) in [5.41, 5.74) is 0. The first kappa shape index (κ1) is 24.1. The van der Waals surface area contributed by atoms with Gasteiger partial charge in [-0.15, -0.1) is 10.2 Å². The van der Waals surface area contributed by atoms with Gasteiger partial charge in [0.1, 0.15) is 12.4 Å². The van der Waals surface area contributed by atoms with Crippen LogP contribution in [0.5, 0.6) is 5.75 Å². The first-order valence-electron chi connectivity index (χ1n) is 11.1. The molecule has 2 heterocycles. The fourth-order valence-corrected chi connectivity index (χ4v) is 4.44. The number of esters is 1. The number of likely N-dealkylation sites (tertiary alicyclic amines) is 1. The normalized spacial score (nSPS) is 14.6. The number of piperidine rings is 1. The van der Waals surface area contributed by atoms with Gasteiger partial charge >= 0.3 is 5.97 Å². The van der Waals surface area contributed by atoms with Crippen molar-refractivity contribution >= 4 is 23.6 Å². The number of benzene rings is 1. The minimum absolute atomic E-state index is 0.0545. The molecule has 3 rings (SSSR count). The third-order valence-corrected chi connectivity index (χ3v) is 6.49. The number of ether oxygens (including phenoxy) is 2. The van der Waals surface area contributed by atoms with Gasteiger partial charge in [0.2, 0.25) is 5.91 Å². The summed E-state index contributed by atoms with van der Waals surface area (Å²) in [7, 11) is 1.41. The molecule has 0 atom stereocenters. The van der Waals surface area contributed by atoms with E-state index in [0.717, 1.165) is 29.7 Å². The molecule has 2 aromatic rings. The summed E-state index contributed by atoms with van der Waals surface area (Å²) < 4.78 is 12.7. The molecular weight excluding hydrogens is 428 g/mol. The average molecular weight is 461 g/mol. The van der Waals surface area contributed by atoms with Crippen LogP contribution in [0.2, 0.25) is 0 Å². The Morgan fingerprint density at radius 2 is 1.88 bits per heavy atom. The minimum atomic E-state index is -0.185. The highest BCUT2D eigenvalue weighted by molar-refractivity contribution is 7.99. The summed E-state index contributed by atoms with van der Waals surface area (Å²) in [6, 6.07) is 9.63. The maximum absolute atomic E-state index is 12.7. The molecule has 0 aliphatic carbocycles. The summed E-state index contributed by atoms with van der Waals surface area (Å²) in [5.74, 6) is 2.13. The lowest BCUT2D eigenvalue weighted by atomic mass is 9.97. The summed E-state index contributed by atoms with van der Waals surface area (Å²) >= 11 is 1.41. The SMILES string of the molecule is COC(=O)C1CCN(C(=O)CSc2nnc(COc3ccccc3)n2CCC(C)C)CC1. The fraction of sp³-hybridized carbons (Fsp3) is 0.565. The third kappa shape index (κ3) is 6.72. The lowest BCUT2D eigenvalue weighted by Gasteiger charge is -2.30. The molecule has 1 aromatic carbocycles. The number of nitrogens with zero attached hydrogens (tertiary/aromatic N) is 4. The van der Waals surface area contributed by atoms with Gasteiger partial charge in [0.15, 0.2) is 11.0 Å². The van der Waals surface area contributed by atoms with Gasteiger partial charge in [-0.2, -0.15) is 0 Å². The Morgan fingerprint density at radius 1 is 1.16 bits per heavy atom. The number of amides is 1. The maximum Gasteiger partial charge on any atom is 0.308 e. The van der Waals surface area contributed by atoms with Crippen molar-refractivity contribution < 1.29 is 19.1 Å². The summed E-state index contributed by atoms with van der Waals surface area (Å²) in [4.78, 5) is 26.2. The summed E-state index contributed by atoms with van der Waals surface area (Å²) in [5, 5.41) is 9.39. The lowest BCUT2D eigenvalue weighted by molar-refractivity contribution is -0.148. The molecule has 8 nitrogen and oxygen atoms in total. The number of thioether (sulfide) groups is 1. The predicted octanol–water partition coefficient (Wildman–Crippen LogP) is 3.41. The van der Waals surface area contributed by atoms with Crippen molar-refractivity contribution in [1.29, 1.82) is 0 Å². The van der Waals surface area contributed by atoms with Gasteiger partial charge in [-0.1, -0.05) is 43.8 Å². The Bertz CT molecular complexity index is 879. The number of hydrogen-bond donors (Lipinski definition) is 0. The highest BCUT2D eigenvalue weighted by atomic mass is 32.2. The van der Waals surface area contributed by atoms with E-state index in [4.69, 9.17) is 9.47 Å². The van der Waals surface area contributed by atoms with Crippen LogP contribution in [0.15, 0.2) is 35.5 Å². The highest BCUT2D eigenvalue weighted by Gasteiger charge is 2.28. The molecule has 0 saturated carbocycles. The number of para-hydroxylation sites is 1. The van der Waals surface area contributed by atoms with Crippen LogP contribution >= 0.6 is 11.8 Å². The smallest absolute Gasteiger partial charge is 0.308 e. The maximum atomic E-state index is 12.7. The van der Waals surface area contributed by atoms with Gasteiger partial charge in [-0.3, -0.25) is 9.59 Å². The minimum Gasteiger partial charge on any atom is -0.486 e. The Kier molecular flexibility index (Phi) is 8.96. The molecule has 0 bridgehead atoms. The molecule has 174 valence electrons. The van der Waals surface area contributed by atoms with Gasteiger partial charge in [0.25, 0.3) is 0 Å². The second-order valence-electron chi connectivity index (χ2n) is 8.30. The highest BCUT2D eigenvalue weighted by Crippen LogP contribution is 2.23. The van der Waals surface area contributed by atoms with Crippen molar-refractivity contribution in [1.82, 2.24) is 19.7 Å². The molecule has 0 spiro atoms. The van der Waals surface area contributed by atoms with Crippen molar-refractivity contribution in [2.24, 2.45) is 11.8 Å². The first-order chi connectivity index (χ1) is 15.5. The van der Waals surface area contributed by atoms with E-state index < -0.39 is 0 Å². The average Bonchev–Trinajstić information content (AvgIpc) is 3.21. The molecule has 1 fully saturated rings. The molecule has 0 radical (unpaired) electrons. The van der Waals surface area contributed by atoms with E-state index in [-0.39, 0.29) is 17.8 Å². The van der Waals surface area contributed by atoms with E-state index in [0.29, 0.717) is 44.2 Å². The Morgan fingerprint density at radius 3 is 2.53 bits per heavy atom. The van der Waals surface area contributed by atoms with Crippen LogP contribution in [0.1, 0.15) is 38.9 Å². The van der Waals surface area contributed by atoms with Crippen LogP contribution in [0, 0.1) is 11.8 Å². The van der Waals surface area contributed by atoms with E-state index in [1.807, 2.05) is 35.2 Å². The summed E-state index contributed by atoms with van der Waals surface area (Å²) in [6.45, 7) is 6.62. The van der Waals surface area contributed by atoms with Crippen LogP contribution in [0.3, 0.4) is 0 Å². The van der Waals surface area contributed by atoms with Gasteiger partial charge in [0, 0.05) is 19.6 Å². The van der Waals surface area contributed by atoms with E-state index in [9.17, 15) is 9.59 Å². The van der Waals surface area contributed by atoms with Gasteiger partial charge < -0.3 is 18.9 Å². The van der Waals surface area contributed by atoms with Gasteiger partial charge in [-0.25, -0.2) is 0 Å². The van der Waals surface area contributed by atoms with Gasteiger partial charge in [-0.05, 0) is 37.3 Å². The second-order valence-corrected chi connectivity index (χ2v) is 9.24. The van der Waals surface area contributed by atoms with Crippen LogP contribution in [-0.2, 0) is 27.5 Å². The van der Waals surface area contributed by atoms with Crippen LogP contribution in [0.4, 0.5) is 0 Å². The van der Waals surface area contributed by atoms with Crippen molar-refractivity contribution in [3.8, 4) is 5.75 Å². The first-order valence-corrected chi connectivity index (χ1v) is 12.0. The van der Waals surface area contributed by atoms with E-state index >= 15 is 0 Å². The standard InChI is InChI=1S/C23H32N4O4S/c1-17(2)9-14-27-20(15-31-19-7-5-4-6-8-19)24-25-23(27)32-16-21(28)26-12-10-18(11-13-26)22(29)30-3/h4-8,17-18H,9-16H2,1-3H3. The molecule has 32 heavy (non-hydrogen) atoms. The zero-order chi connectivity index (χ0) is 22.9. The molecular formula is C23H32N4O4S. The number of carbonyl (C=O) groups excluding carboxylic acids is 2. The van der Waals surface area contributed by atoms with Crippen molar-refractivity contribution in [2.45, 2.75) is 51.4 Å². The molecule has 0 unspecified atom stereocenters. The molecule has 1 saturated heterocycles. The fourth-order valence-electron chi connectivity index (χ4n) is 3.56.